The van der Waals surface area contributed by atoms with Crippen LogP contribution in [-0.2, 0) is 10.0 Å². The summed E-state index contributed by atoms with van der Waals surface area (Å²) >= 11 is 0. The van der Waals surface area contributed by atoms with E-state index in [0.29, 0.717) is 11.1 Å². The number of sulfonamides is 1. The second-order valence-corrected chi connectivity index (χ2v) is 7.28. The number of hydrogen-bond donors (Lipinski definition) is 1. The van der Waals surface area contributed by atoms with E-state index in [0.717, 1.165) is 17.7 Å². The molecule has 0 unspecified atom stereocenters. The van der Waals surface area contributed by atoms with Gasteiger partial charge >= 0.3 is 0 Å². The molecule has 0 aliphatic heterocycles. The molecule has 0 bridgehead atoms. The molecule has 3 nitrogen and oxygen atoms in total. The van der Waals surface area contributed by atoms with Crippen molar-refractivity contribution in [3.8, 4) is 11.1 Å². The first-order valence-corrected chi connectivity index (χ1v) is 8.99. The van der Waals surface area contributed by atoms with Gasteiger partial charge in [-0.3, -0.25) is 4.72 Å². The van der Waals surface area contributed by atoms with Crippen LogP contribution in [0.5, 0.6) is 0 Å². The van der Waals surface area contributed by atoms with E-state index in [4.69, 9.17) is 0 Å². The molecule has 0 aromatic heterocycles. The number of rotatable bonds is 4. The number of hydrogen-bond acceptors (Lipinski definition) is 2. The molecule has 3 aromatic carbocycles. The van der Waals surface area contributed by atoms with E-state index in [9.17, 15) is 17.2 Å². The molecule has 0 amide bonds. The molecule has 0 fully saturated rings. The van der Waals surface area contributed by atoms with Crippen LogP contribution in [0, 0.1) is 18.6 Å². The first kappa shape index (κ1) is 17.1. The van der Waals surface area contributed by atoms with E-state index in [-0.39, 0.29) is 10.6 Å². The Hall–Kier alpha value is -2.73. The predicted octanol–water partition coefficient (Wildman–Crippen LogP) is 4.74. The molecule has 0 aliphatic rings. The minimum atomic E-state index is -3.80. The maximum absolute atomic E-state index is 13.5. The lowest BCUT2D eigenvalue weighted by Crippen LogP contribution is -2.13. The third-order valence-corrected chi connectivity index (χ3v) is 5.11. The Balaban J connectivity index is 2.01. The second kappa shape index (κ2) is 6.64. The smallest absolute Gasteiger partial charge is 0.261 e. The first-order valence-electron chi connectivity index (χ1n) is 7.51. The summed E-state index contributed by atoms with van der Waals surface area (Å²) in [6, 6.07) is 16.4. The molecule has 25 heavy (non-hydrogen) atoms. The van der Waals surface area contributed by atoms with Crippen molar-refractivity contribution in [1.29, 1.82) is 0 Å². The van der Waals surface area contributed by atoms with Gasteiger partial charge in [0, 0.05) is 5.56 Å². The molecule has 0 atom stereocenters. The Morgan fingerprint density at radius 3 is 2.20 bits per heavy atom. The molecule has 1 N–H and O–H groups in total. The molecular formula is C19H15F2NO2S. The van der Waals surface area contributed by atoms with Crippen LogP contribution in [0.4, 0.5) is 14.5 Å². The van der Waals surface area contributed by atoms with Crippen LogP contribution >= 0.6 is 0 Å². The molecule has 6 heteroatoms. The molecule has 0 aliphatic carbocycles. The summed E-state index contributed by atoms with van der Waals surface area (Å²) in [6.45, 7) is 1.86. The summed E-state index contributed by atoms with van der Waals surface area (Å²) in [7, 11) is -3.80. The normalized spacial score (nSPS) is 11.3. The van der Waals surface area contributed by atoms with Gasteiger partial charge < -0.3 is 0 Å². The van der Waals surface area contributed by atoms with Crippen LogP contribution in [0.1, 0.15) is 5.56 Å². The summed E-state index contributed by atoms with van der Waals surface area (Å²) in [5, 5.41) is 0. The summed E-state index contributed by atoms with van der Waals surface area (Å²) in [5.41, 5.74) is 2.06. The first-order chi connectivity index (χ1) is 11.9. The van der Waals surface area contributed by atoms with Gasteiger partial charge in [-0.1, -0.05) is 42.0 Å². The van der Waals surface area contributed by atoms with Crippen LogP contribution in [0.3, 0.4) is 0 Å². The largest absolute Gasteiger partial charge is 0.279 e. The van der Waals surface area contributed by atoms with E-state index in [1.807, 2.05) is 6.92 Å². The number of nitrogens with one attached hydrogen (secondary N) is 1. The highest BCUT2D eigenvalue weighted by atomic mass is 32.2. The quantitative estimate of drug-likeness (QED) is 0.731. The van der Waals surface area contributed by atoms with Crippen molar-refractivity contribution < 1.29 is 17.2 Å². The SMILES string of the molecule is Cc1ccc(S(=O)(=O)Nc2ccccc2-c2ccc(F)c(F)c2)cc1. The lowest BCUT2D eigenvalue weighted by atomic mass is 10.0. The highest BCUT2D eigenvalue weighted by Gasteiger charge is 2.16. The van der Waals surface area contributed by atoms with Crippen molar-refractivity contribution in [3.05, 3.63) is 83.9 Å². The maximum Gasteiger partial charge on any atom is 0.261 e. The Morgan fingerprint density at radius 2 is 1.52 bits per heavy atom. The lowest BCUT2D eigenvalue weighted by Gasteiger charge is -2.13. The maximum atomic E-state index is 13.5. The van der Waals surface area contributed by atoms with Gasteiger partial charge in [0.15, 0.2) is 11.6 Å². The van der Waals surface area contributed by atoms with Crippen molar-refractivity contribution >= 4 is 15.7 Å². The molecule has 0 spiro atoms. The van der Waals surface area contributed by atoms with E-state index in [2.05, 4.69) is 4.72 Å². The summed E-state index contributed by atoms with van der Waals surface area (Å²) in [6.07, 6.45) is 0. The van der Waals surface area contributed by atoms with Gasteiger partial charge in [-0.25, -0.2) is 17.2 Å². The van der Waals surface area contributed by atoms with Crippen LogP contribution in [-0.4, -0.2) is 8.42 Å². The number of anilines is 1. The van der Waals surface area contributed by atoms with Gasteiger partial charge in [0.05, 0.1) is 10.6 Å². The highest BCUT2D eigenvalue weighted by Crippen LogP contribution is 2.30. The molecule has 3 rings (SSSR count). The van der Waals surface area contributed by atoms with Crippen molar-refractivity contribution in [2.45, 2.75) is 11.8 Å². The monoisotopic (exact) mass is 359 g/mol. The second-order valence-electron chi connectivity index (χ2n) is 5.59. The van der Waals surface area contributed by atoms with Gasteiger partial charge in [-0.2, -0.15) is 0 Å². The zero-order valence-corrected chi connectivity index (χ0v) is 14.1. The molecule has 0 radical (unpaired) electrons. The Labute approximate surface area is 145 Å². The fourth-order valence-corrected chi connectivity index (χ4v) is 3.49. The third kappa shape index (κ3) is 3.69. The van der Waals surface area contributed by atoms with E-state index in [1.54, 1.807) is 36.4 Å². The van der Waals surface area contributed by atoms with E-state index < -0.39 is 21.7 Å². The topological polar surface area (TPSA) is 46.2 Å². The number of aryl methyl sites for hydroxylation is 1. The minimum absolute atomic E-state index is 0.123. The number of benzene rings is 3. The lowest BCUT2D eigenvalue weighted by molar-refractivity contribution is 0.509. The Morgan fingerprint density at radius 1 is 0.840 bits per heavy atom. The van der Waals surface area contributed by atoms with Crippen LogP contribution in [0.25, 0.3) is 11.1 Å². The summed E-state index contributed by atoms with van der Waals surface area (Å²) in [4.78, 5) is 0.123. The molecule has 0 saturated heterocycles. The van der Waals surface area contributed by atoms with Gasteiger partial charge in [-0.05, 0) is 42.8 Å². The molecular weight excluding hydrogens is 344 g/mol. The van der Waals surface area contributed by atoms with Gasteiger partial charge in [0.2, 0.25) is 0 Å². The van der Waals surface area contributed by atoms with Crippen LogP contribution < -0.4 is 4.72 Å². The zero-order valence-electron chi connectivity index (χ0n) is 13.3. The minimum Gasteiger partial charge on any atom is -0.279 e. The third-order valence-electron chi connectivity index (χ3n) is 3.73. The predicted molar refractivity (Wildman–Crippen MR) is 93.8 cm³/mol. The summed E-state index contributed by atoms with van der Waals surface area (Å²) < 4.78 is 54.3. The van der Waals surface area contributed by atoms with Crippen molar-refractivity contribution in [3.63, 3.8) is 0 Å². The zero-order chi connectivity index (χ0) is 18.0. The number of halogens is 2. The molecule has 3 aromatic rings. The van der Waals surface area contributed by atoms with Crippen LogP contribution in [0.15, 0.2) is 71.6 Å². The average Bonchev–Trinajstić information content (AvgIpc) is 2.58. The van der Waals surface area contributed by atoms with Gasteiger partial charge in [-0.15, -0.1) is 0 Å². The fraction of sp³-hybridized carbons (Fsp3) is 0.0526. The van der Waals surface area contributed by atoms with Gasteiger partial charge in [0.1, 0.15) is 0 Å². The highest BCUT2D eigenvalue weighted by molar-refractivity contribution is 7.92. The Kier molecular flexibility index (Phi) is 4.55. The van der Waals surface area contributed by atoms with Crippen molar-refractivity contribution in [2.24, 2.45) is 0 Å². The van der Waals surface area contributed by atoms with Crippen molar-refractivity contribution in [1.82, 2.24) is 0 Å². The standard InChI is InChI=1S/C19H15F2NO2S/c1-13-6-9-15(10-7-13)25(23,24)22-19-5-3-2-4-16(19)14-8-11-17(20)18(21)12-14/h2-12,22H,1H3. The fourth-order valence-electron chi connectivity index (χ4n) is 2.41. The van der Waals surface area contributed by atoms with Crippen LogP contribution in [0.2, 0.25) is 0 Å². The average molecular weight is 359 g/mol. The van der Waals surface area contributed by atoms with Gasteiger partial charge in [0.25, 0.3) is 10.0 Å². The van der Waals surface area contributed by atoms with E-state index in [1.165, 1.54) is 18.2 Å². The number of para-hydroxylation sites is 1. The molecule has 0 heterocycles. The van der Waals surface area contributed by atoms with E-state index >= 15 is 0 Å². The summed E-state index contributed by atoms with van der Waals surface area (Å²) in [5.74, 6) is -1.95. The van der Waals surface area contributed by atoms with Crippen molar-refractivity contribution in [2.75, 3.05) is 4.72 Å². The molecule has 128 valence electrons. The molecule has 0 saturated carbocycles. The Bertz CT molecular complexity index is 1020.